The quantitative estimate of drug-likeness (QED) is 0.333. The van der Waals surface area contributed by atoms with Gasteiger partial charge in [0.25, 0.3) is 5.69 Å². The molecule has 0 saturated carbocycles. The number of nitrogens with one attached hydrogen (secondary N) is 1. The summed E-state index contributed by atoms with van der Waals surface area (Å²) in [6, 6.07) is 8.89. The zero-order valence-corrected chi connectivity index (χ0v) is 18.3. The second-order valence-electron chi connectivity index (χ2n) is 7.50. The summed E-state index contributed by atoms with van der Waals surface area (Å²) in [4.78, 5) is 39.4. The number of benzene rings is 1. The van der Waals surface area contributed by atoms with Crippen LogP contribution in [0.3, 0.4) is 0 Å². The Morgan fingerprint density at radius 2 is 1.91 bits per heavy atom. The van der Waals surface area contributed by atoms with Crippen molar-refractivity contribution in [2.45, 2.75) is 31.5 Å². The van der Waals surface area contributed by atoms with Crippen molar-refractivity contribution >= 4 is 35.1 Å². The van der Waals surface area contributed by atoms with E-state index >= 15 is 0 Å². The largest absolute Gasteiger partial charge is 0.443 e. The van der Waals surface area contributed by atoms with Crippen LogP contribution in [0.15, 0.2) is 53.9 Å². The second-order valence-corrected chi connectivity index (χ2v) is 8.45. The van der Waals surface area contributed by atoms with Gasteiger partial charge in [-0.15, -0.1) is 10.2 Å². The number of ether oxygens (including phenoxy) is 1. The smallest absolute Gasteiger partial charge is 0.422 e. The zero-order valence-electron chi connectivity index (χ0n) is 17.5. The molecule has 0 unspecified atom stereocenters. The molecule has 0 saturated heterocycles. The fourth-order valence-corrected chi connectivity index (χ4v) is 3.23. The third-order valence-electron chi connectivity index (χ3n) is 3.82. The van der Waals surface area contributed by atoms with Crippen LogP contribution in [-0.4, -0.2) is 48.0 Å². The van der Waals surface area contributed by atoms with Crippen molar-refractivity contribution in [1.29, 1.82) is 0 Å². The Morgan fingerprint density at radius 3 is 2.50 bits per heavy atom. The molecule has 166 valence electrons. The maximum absolute atomic E-state index is 12.8. The summed E-state index contributed by atoms with van der Waals surface area (Å²) in [6.07, 6.45) is 2.45. The van der Waals surface area contributed by atoms with Crippen LogP contribution in [0, 0.1) is 10.1 Å². The van der Waals surface area contributed by atoms with E-state index in [2.05, 4.69) is 20.5 Å². The molecular weight excluding hydrogens is 436 g/mol. The molecule has 0 spiro atoms. The van der Waals surface area contributed by atoms with Gasteiger partial charge in [0.15, 0.2) is 5.82 Å². The van der Waals surface area contributed by atoms with Gasteiger partial charge in [0.05, 0.1) is 10.7 Å². The van der Waals surface area contributed by atoms with Gasteiger partial charge in [-0.05, 0) is 45.0 Å². The number of amides is 1. The first-order valence-electron chi connectivity index (χ1n) is 9.40. The van der Waals surface area contributed by atoms with Crippen molar-refractivity contribution in [3.63, 3.8) is 0 Å². The molecule has 0 aliphatic carbocycles. The fraction of sp³-hybridized carbons (Fsp3) is 0.250. The van der Waals surface area contributed by atoms with Gasteiger partial charge < -0.3 is 10.1 Å². The normalized spacial score (nSPS) is 11.1. The van der Waals surface area contributed by atoms with Gasteiger partial charge in [0.2, 0.25) is 11.1 Å². The molecule has 11 nitrogen and oxygen atoms in total. The Balaban J connectivity index is 1.76. The third kappa shape index (κ3) is 5.88. The zero-order chi connectivity index (χ0) is 23.3. The summed E-state index contributed by atoms with van der Waals surface area (Å²) in [5, 5.41) is 21.7. The van der Waals surface area contributed by atoms with E-state index in [0.29, 0.717) is 11.3 Å². The summed E-state index contributed by atoms with van der Waals surface area (Å²) in [5.41, 5.74) is 0.146. The molecule has 3 rings (SSSR count). The molecule has 1 aromatic carbocycles. The van der Waals surface area contributed by atoms with Gasteiger partial charge >= 0.3 is 6.09 Å². The highest BCUT2D eigenvalue weighted by Crippen LogP contribution is 2.25. The molecule has 0 fully saturated rings. The minimum atomic E-state index is -0.747. The predicted octanol–water partition coefficient (Wildman–Crippen LogP) is 3.76. The average Bonchev–Trinajstić information content (AvgIpc) is 3.16. The fourth-order valence-electron chi connectivity index (χ4n) is 2.51. The minimum absolute atomic E-state index is 0.0780. The van der Waals surface area contributed by atoms with E-state index in [1.54, 1.807) is 45.3 Å². The van der Waals surface area contributed by atoms with E-state index in [1.165, 1.54) is 28.8 Å². The van der Waals surface area contributed by atoms with Gasteiger partial charge in [-0.1, -0.05) is 11.8 Å². The van der Waals surface area contributed by atoms with Crippen LogP contribution < -0.4 is 5.32 Å². The standard InChI is InChI=1S/C20H20N6O5S/c1-20(2,3)31-19(28)25-17(13-5-4-10-21-11-13)23-24-18(25)32-12-16(27)22-14-6-8-15(9-7-14)26(29)30/h4-11H,12H2,1-3H3,(H,22,27). The highest BCUT2D eigenvalue weighted by atomic mass is 32.2. The second kappa shape index (κ2) is 9.56. The number of nitrogens with zero attached hydrogens (tertiary/aromatic N) is 5. The first-order valence-corrected chi connectivity index (χ1v) is 10.4. The Bertz CT molecular complexity index is 1130. The van der Waals surface area contributed by atoms with Crippen LogP contribution in [0.25, 0.3) is 11.4 Å². The topological polar surface area (TPSA) is 142 Å². The van der Waals surface area contributed by atoms with Gasteiger partial charge in [0, 0.05) is 35.8 Å². The van der Waals surface area contributed by atoms with Crippen LogP contribution >= 0.6 is 11.8 Å². The summed E-state index contributed by atoms with van der Waals surface area (Å²) in [5.74, 6) is -0.221. The Morgan fingerprint density at radius 1 is 1.19 bits per heavy atom. The first kappa shape index (κ1) is 22.9. The lowest BCUT2D eigenvalue weighted by Gasteiger charge is -2.20. The molecule has 0 atom stereocenters. The van der Waals surface area contributed by atoms with Crippen molar-refractivity contribution in [2.24, 2.45) is 0 Å². The number of non-ortho nitro benzene ring substituents is 1. The molecule has 0 bridgehead atoms. The molecular formula is C20H20N6O5S. The van der Waals surface area contributed by atoms with E-state index in [4.69, 9.17) is 4.74 Å². The number of pyridine rings is 1. The number of nitro groups is 1. The van der Waals surface area contributed by atoms with E-state index in [1.807, 2.05) is 0 Å². The molecule has 2 aromatic heterocycles. The van der Waals surface area contributed by atoms with E-state index in [-0.39, 0.29) is 28.3 Å². The van der Waals surface area contributed by atoms with Gasteiger partial charge in [-0.25, -0.2) is 9.36 Å². The predicted molar refractivity (Wildman–Crippen MR) is 117 cm³/mol. The number of thioether (sulfide) groups is 1. The molecule has 1 amide bonds. The molecule has 3 aromatic rings. The SMILES string of the molecule is CC(C)(C)OC(=O)n1c(SCC(=O)Nc2ccc([N+](=O)[O-])cc2)nnc1-c1cccnc1. The number of hydrogen-bond acceptors (Lipinski definition) is 9. The lowest BCUT2D eigenvalue weighted by molar-refractivity contribution is -0.384. The summed E-state index contributed by atoms with van der Waals surface area (Å²) in [6.45, 7) is 5.22. The highest BCUT2D eigenvalue weighted by Gasteiger charge is 2.26. The van der Waals surface area contributed by atoms with Gasteiger partial charge in [0.1, 0.15) is 5.60 Å². The van der Waals surface area contributed by atoms with Crippen molar-refractivity contribution in [2.75, 3.05) is 11.1 Å². The maximum atomic E-state index is 12.8. The van der Waals surface area contributed by atoms with Crippen LogP contribution in [0.2, 0.25) is 0 Å². The number of carbonyl (C=O) groups excluding carboxylic acids is 2. The van der Waals surface area contributed by atoms with E-state index in [0.717, 1.165) is 11.8 Å². The van der Waals surface area contributed by atoms with E-state index in [9.17, 15) is 19.7 Å². The minimum Gasteiger partial charge on any atom is -0.443 e. The Kier molecular flexibility index (Phi) is 6.83. The monoisotopic (exact) mass is 456 g/mol. The molecule has 32 heavy (non-hydrogen) atoms. The van der Waals surface area contributed by atoms with Crippen LogP contribution in [0.5, 0.6) is 0 Å². The molecule has 2 heterocycles. The lowest BCUT2D eigenvalue weighted by atomic mass is 10.2. The third-order valence-corrected chi connectivity index (χ3v) is 4.75. The average molecular weight is 456 g/mol. The summed E-state index contributed by atoms with van der Waals surface area (Å²) < 4.78 is 6.67. The van der Waals surface area contributed by atoms with Gasteiger partial charge in [-0.3, -0.25) is 19.9 Å². The highest BCUT2D eigenvalue weighted by molar-refractivity contribution is 7.99. The first-order chi connectivity index (χ1) is 15.1. The lowest BCUT2D eigenvalue weighted by Crippen LogP contribution is -2.28. The van der Waals surface area contributed by atoms with Crippen molar-refractivity contribution in [3.05, 3.63) is 58.9 Å². The van der Waals surface area contributed by atoms with Crippen LogP contribution in [-0.2, 0) is 9.53 Å². The maximum Gasteiger partial charge on any atom is 0.422 e. The number of hydrogen-bond donors (Lipinski definition) is 1. The Labute approximate surface area is 187 Å². The number of aromatic nitrogens is 4. The van der Waals surface area contributed by atoms with E-state index < -0.39 is 16.6 Å². The van der Waals surface area contributed by atoms with Gasteiger partial charge in [-0.2, -0.15) is 0 Å². The number of anilines is 1. The molecule has 1 N–H and O–H groups in total. The summed E-state index contributed by atoms with van der Waals surface area (Å²) in [7, 11) is 0. The van der Waals surface area contributed by atoms with Crippen LogP contribution in [0.1, 0.15) is 20.8 Å². The number of nitro benzene ring substituents is 1. The summed E-state index contributed by atoms with van der Waals surface area (Å²) >= 11 is 1.00. The molecule has 12 heteroatoms. The van der Waals surface area contributed by atoms with Crippen molar-refractivity contribution < 1.29 is 19.2 Å². The number of carbonyl (C=O) groups is 2. The molecule has 0 aliphatic rings. The molecule has 0 radical (unpaired) electrons. The van der Waals surface area contributed by atoms with Crippen molar-refractivity contribution in [3.8, 4) is 11.4 Å². The van der Waals surface area contributed by atoms with Crippen LogP contribution in [0.4, 0.5) is 16.2 Å². The van der Waals surface area contributed by atoms with Crippen molar-refractivity contribution in [1.82, 2.24) is 19.7 Å². The Hall–Kier alpha value is -3.80. The molecule has 0 aliphatic heterocycles. The number of rotatable bonds is 6.